The Balaban J connectivity index is 1.38. The van der Waals surface area contributed by atoms with Crippen LogP contribution in [0.5, 0.6) is 0 Å². The third kappa shape index (κ3) is 3.04. The van der Waals surface area contributed by atoms with Gasteiger partial charge in [0, 0.05) is 11.8 Å². The summed E-state index contributed by atoms with van der Waals surface area (Å²) in [6.45, 7) is 4.01. The molecule has 3 aliphatic heterocycles. The molecular formula is C22H21N3O6. The predicted molar refractivity (Wildman–Crippen MR) is 108 cm³/mol. The van der Waals surface area contributed by atoms with E-state index < -0.39 is 29.5 Å². The highest BCUT2D eigenvalue weighted by atomic mass is 16.5. The second-order valence-corrected chi connectivity index (χ2v) is 7.91. The molecule has 1 N–H and O–H groups in total. The summed E-state index contributed by atoms with van der Waals surface area (Å²) in [5.74, 6) is -1.38. The number of nitrogens with zero attached hydrogens (tertiary/aromatic N) is 2. The third-order valence-corrected chi connectivity index (χ3v) is 5.94. The minimum Gasteiger partial charge on any atom is -0.462 e. The molecule has 2 saturated heterocycles. The maximum atomic E-state index is 13.3. The van der Waals surface area contributed by atoms with Crippen molar-refractivity contribution >= 4 is 29.3 Å². The average Bonchev–Trinajstić information content (AvgIpc) is 3.49. The SMILES string of the molecule is CCOC(=O)c1cccc(NC(=O)[C@@H]2[C@H]3C=C[C@@]4(CN(c5cc(C)on5)C(=O)[C@@H]24)O3)c1. The maximum absolute atomic E-state index is 13.3. The lowest BCUT2D eigenvalue weighted by molar-refractivity contribution is -0.128. The van der Waals surface area contributed by atoms with Gasteiger partial charge in [0.1, 0.15) is 11.4 Å². The van der Waals surface area contributed by atoms with E-state index in [0.29, 0.717) is 22.8 Å². The number of benzene rings is 1. The molecule has 1 aromatic carbocycles. The number of anilines is 2. The van der Waals surface area contributed by atoms with Crippen molar-refractivity contribution in [3.8, 4) is 0 Å². The smallest absolute Gasteiger partial charge is 0.338 e. The molecule has 2 amide bonds. The Kier molecular flexibility index (Phi) is 4.44. The Morgan fingerprint density at radius 1 is 1.35 bits per heavy atom. The van der Waals surface area contributed by atoms with Crippen LogP contribution in [-0.2, 0) is 19.1 Å². The van der Waals surface area contributed by atoms with E-state index in [9.17, 15) is 14.4 Å². The molecular weight excluding hydrogens is 402 g/mol. The lowest BCUT2D eigenvalue weighted by atomic mass is 9.76. The van der Waals surface area contributed by atoms with E-state index >= 15 is 0 Å². The molecule has 0 aliphatic carbocycles. The van der Waals surface area contributed by atoms with Gasteiger partial charge in [-0.2, -0.15) is 0 Å². The van der Waals surface area contributed by atoms with Gasteiger partial charge in [-0.15, -0.1) is 0 Å². The number of hydrogen-bond donors (Lipinski definition) is 1. The minimum atomic E-state index is -0.858. The zero-order chi connectivity index (χ0) is 21.8. The molecule has 9 heteroatoms. The molecule has 0 unspecified atom stereocenters. The van der Waals surface area contributed by atoms with Gasteiger partial charge in [-0.1, -0.05) is 23.4 Å². The Labute approximate surface area is 178 Å². The molecule has 0 radical (unpaired) electrons. The summed E-state index contributed by atoms with van der Waals surface area (Å²) in [6.07, 6.45) is 3.22. The number of carbonyl (C=O) groups excluding carboxylic acids is 3. The van der Waals surface area contributed by atoms with Crippen molar-refractivity contribution in [3.63, 3.8) is 0 Å². The lowest BCUT2D eigenvalue weighted by Gasteiger charge is -2.23. The zero-order valence-corrected chi connectivity index (χ0v) is 17.0. The standard InChI is InChI=1S/C22H21N3O6/c1-3-29-21(28)13-5-4-6-14(10-13)23-19(26)17-15-7-8-22(30-15)11-25(20(27)18(17)22)16-9-12(2)31-24-16/h4-10,15,17-18H,3,11H2,1-2H3,(H,23,26)/t15-,17-,18-,22+/m1/s1. The number of esters is 1. The Morgan fingerprint density at radius 2 is 2.19 bits per heavy atom. The molecule has 2 aromatic rings. The highest BCUT2D eigenvalue weighted by Crippen LogP contribution is 2.52. The number of hydrogen-bond acceptors (Lipinski definition) is 7. The predicted octanol–water partition coefficient (Wildman–Crippen LogP) is 2.08. The van der Waals surface area contributed by atoms with E-state index in [-0.39, 0.29) is 25.0 Å². The number of rotatable bonds is 5. The van der Waals surface area contributed by atoms with Crippen LogP contribution < -0.4 is 10.2 Å². The monoisotopic (exact) mass is 423 g/mol. The molecule has 2 fully saturated rings. The first kappa shape index (κ1) is 19.5. The van der Waals surface area contributed by atoms with E-state index in [2.05, 4.69) is 10.5 Å². The summed E-state index contributed by atoms with van der Waals surface area (Å²) < 4.78 is 16.2. The van der Waals surface area contributed by atoms with E-state index in [1.807, 2.05) is 12.2 Å². The third-order valence-electron chi connectivity index (χ3n) is 5.94. The van der Waals surface area contributed by atoms with Crippen LogP contribution in [0.1, 0.15) is 23.0 Å². The van der Waals surface area contributed by atoms with Crippen LogP contribution in [0.2, 0.25) is 0 Å². The average molecular weight is 423 g/mol. The highest BCUT2D eigenvalue weighted by molar-refractivity contribution is 6.05. The summed E-state index contributed by atoms with van der Waals surface area (Å²) >= 11 is 0. The lowest BCUT2D eigenvalue weighted by Crippen LogP contribution is -2.41. The molecule has 2 bridgehead atoms. The number of aryl methyl sites for hydroxylation is 1. The van der Waals surface area contributed by atoms with Crippen LogP contribution in [0, 0.1) is 18.8 Å². The molecule has 9 nitrogen and oxygen atoms in total. The minimum absolute atomic E-state index is 0.222. The molecule has 31 heavy (non-hydrogen) atoms. The van der Waals surface area contributed by atoms with E-state index in [1.165, 1.54) is 4.90 Å². The van der Waals surface area contributed by atoms with E-state index in [4.69, 9.17) is 14.0 Å². The molecule has 1 aromatic heterocycles. The fourth-order valence-corrected chi connectivity index (χ4v) is 4.64. The number of carbonyl (C=O) groups is 3. The highest BCUT2D eigenvalue weighted by Gasteiger charge is 2.67. The fourth-order valence-electron chi connectivity index (χ4n) is 4.64. The van der Waals surface area contributed by atoms with Gasteiger partial charge >= 0.3 is 5.97 Å². The second kappa shape index (κ2) is 7.05. The summed E-state index contributed by atoms with van der Waals surface area (Å²) in [5, 5.41) is 6.77. The van der Waals surface area contributed by atoms with Crippen molar-refractivity contribution < 1.29 is 28.4 Å². The second-order valence-electron chi connectivity index (χ2n) is 7.91. The van der Waals surface area contributed by atoms with Gasteiger partial charge in [0.05, 0.1) is 36.7 Å². The molecule has 0 saturated carbocycles. The van der Waals surface area contributed by atoms with Crippen LogP contribution in [0.4, 0.5) is 11.5 Å². The van der Waals surface area contributed by atoms with Crippen molar-refractivity contribution in [2.45, 2.75) is 25.6 Å². The maximum Gasteiger partial charge on any atom is 0.338 e. The largest absolute Gasteiger partial charge is 0.462 e. The van der Waals surface area contributed by atoms with Crippen LogP contribution in [0.3, 0.4) is 0 Å². The van der Waals surface area contributed by atoms with Gasteiger partial charge in [-0.3, -0.25) is 14.5 Å². The zero-order valence-electron chi connectivity index (χ0n) is 17.0. The Hall–Kier alpha value is -3.46. The summed E-state index contributed by atoms with van der Waals surface area (Å²) in [5.41, 5.74) is -0.0702. The number of amides is 2. The van der Waals surface area contributed by atoms with Gasteiger partial charge in [0.25, 0.3) is 0 Å². The van der Waals surface area contributed by atoms with Gasteiger partial charge < -0.3 is 19.3 Å². The quantitative estimate of drug-likeness (QED) is 0.579. The first-order valence-corrected chi connectivity index (χ1v) is 10.1. The van der Waals surface area contributed by atoms with Crippen molar-refractivity contribution in [2.24, 2.45) is 11.8 Å². The van der Waals surface area contributed by atoms with E-state index in [1.54, 1.807) is 44.2 Å². The van der Waals surface area contributed by atoms with Crippen LogP contribution in [0.25, 0.3) is 0 Å². The van der Waals surface area contributed by atoms with Crippen molar-refractivity contribution in [3.05, 3.63) is 53.8 Å². The summed E-state index contributed by atoms with van der Waals surface area (Å²) in [7, 11) is 0. The van der Waals surface area contributed by atoms with Gasteiger partial charge in [0.15, 0.2) is 5.82 Å². The number of fused-ring (bicyclic) bond motifs is 1. The van der Waals surface area contributed by atoms with Crippen LogP contribution in [-0.4, -0.2) is 47.8 Å². The molecule has 160 valence electrons. The molecule has 4 heterocycles. The van der Waals surface area contributed by atoms with Crippen LogP contribution in [0.15, 0.2) is 47.0 Å². The Bertz CT molecular complexity index is 1110. The molecule has 1 spiro atoms. The summed E-state index contributed by atoms with van der Waals surface area (Å²) in [6, 6.07) is 8.19. The molecule has 3 aliphatic rings. The van der Waals surface area contributed by atoms with Gasteiger partial charge in [0.2, 0.25) is 11.8 Å². The number of ether oxygens (including phenoxy) is 2. The topological polar surface area (TPSA) is 111 Å². The number of aromatic nitrogens is 1. The van der Waals surface area contributed by atoms with Gasteiger partial charge in [-0.05, 0) is 32.0 Å². The summed E-state index contributed by atoms with van der Waals surface area (Å²) in [4.78, 5) is 39.9. The van der Waals surface area contributed by atoms with Crippen molar-refractivity contribution in [1.82, 2.24) is 5.16 Å². The normalized spacial score (nSPS) is 28.1. The fraction of sp³-hybridized carbons (Fsp3) is 0.364. The first-order chi connectivity index (χ1) is 14.9. The van der Waals surface area contributed by atoms with Crippen molar-refractivity contribution in [1.29, 1.82) is 0 Å². The number of nitrogens with one attached hydrogen (secondary N) is 1. The first-order valence-electron chi connectivity index (χ1n) is 10.1. The molecule has 5 rings (SSSR count). The Morgan fingerprint density at radius 3 is 2.94 bits per heavy atom. The van der Waals surface area contributed by atoms with Crippen molar-refractivity contribution in [2.75, 3.05) is 23.4 Å². The molecule has 4 atom stereocenters. The van der Waals surface area contributed by atoms with Gasteiger partial charge in [-0.25, -0.2) is 4.79 Å². The van der Waals surface area contributed by atoms with E-state index in [0.717, 1.165) is 0 Å². The van der Waals surface area contributed by atoms with Crippen LogP contribution >= 0.6 is 0 Å².